The molecule has 0 saturated carbocycles. The second-order valence-electron chi connectivity index (χ2n) is 8.86. The smallest absolute Gasteiger partial charge is 0.0205 e. The third-order valence-electron chi connectivity index (χ3n) is 5.66. The summed E-state index contributed by atoms with van der Waals surface area (Å²) in [5, 5.41) is 3.61. The van der Waals surface area contributed by atoms with E-state index in [0.29, 0.717) is 0 Å². The van der Waals surface area contributed by atoms with E-state index in [1.165, 1.54) is 48.8 Å². The van der Waals surface area contributed by atoms with Crippen molar-refractivity contribution >= 4 is 0 Å². The van der Waals surface area contributed by atoms with Crippen molar-refractivity contribution in [3.63, 3.8) is 0 Å². The highest BCUT2D eigenvalue weighted by Gasteiger charge is 1.95. The van der Waals surface area contributed by atoms with E-state index in [9.17, 15) is 0 Å². The zero-order valence-electron chi connectivity index (χ0n) is 21.9. The van der Waals surface area contributed by atoms with Gasteiger partial charge in [0.15, 0.2) is 0 Å². The number of unbranched alkanes of at least 4 members (excludes halogenated alkanes) is 4. The molecule has 36 heavy (non-hydrogen) atoms. The second kappa shape index (κ2) is 20.9. The first kappa shape index (κ1) is 28.8. The molecule has 0 atom stereocenters. The molecule has 1 aromatic carbocycles. The summed E-state index contributed by atoms with van der Waals surface area (Å²) in [5.41, 5.74) is 3.94. The van der Waals surface area contributed by atoms with Gasteiger partial charge in [0, 0.05) is 6.54 Å². The molecule has 0 amide bonds. The predicted octanol–water partition coefficient (Wildman–Crippen LogP) is 9.48. The monoisotopic (exact) mass is 477 g/mol. The van der Waals surface area contributed by atoms with Crippen molar-refractivity contribution in [1.29, 1.82) is 0 Å². The van der Waals surface area contributed by atoms with Gasteiger partial charge in [0.2, 0.25) is 0 Å². The van der Waals surface area contributed by atoms with Gasteiger partial charge in [-0.3, -0.25) is 0 Å². The van der Waals surface area contributed by atoms with Gasteiger partial charge in [-0.25, -0.2) is 0 Å². The Morgan fingerprint density at radius 2 is 1.11 bits per heavy atom. The van der Waals surface area contributed by atoms with Crippen LogP contribution >= 0.6 is 0 Å². The molecular weight excluding hydrogens is 434 g/mol. The van der Waals surface area contributed by atoms with Crippen LogP contribution in [0.25, 0.3) is 0 Å². The minimum absolute atomic E-state index is 0.890. The van der Waals surface area contributed by atoms with E-state index in [0.717, 1.165) is 19.5 Å². The Hall–Kier alpha value is -3.42. The maximum absolute atomic E-state index is 3.61. The van der Waals surface area contributed by atoms with E-state index in [-0.39, 0.29) is 0 Å². The molecule has 0 radical (unpaired) electrons. The van der Waals surface area contributed by atoms with Crippen molar-refractivity contribution < 1.29 is 0 Å². The summed E-state index contributed by atoms with van der Waals surface area (Å²) in [6, 6.07) is 27.0. The maximum atomic E-state index is 3.61. The standard InChI is InChI=1S/C35H43N/c1-33-24-17-11-9-14-18-26-34(30-23-25-33)27-19-15-10-16-22-31-36-32-35-28-20-12-7-5-3-2-4-6-8-13-21-29-35/h2-9,11-14,17-18,20-21,23-26,28-30,36H,10,15-16,19,22,27,31-32H2,1H3/b3-2?,4-2?,5-3?,6-4?,7-5?,8-6?,11-9-,12-7?,13-8?,14-9?,17-11?,18-14-,20-12?,21-13?,24-17-,25-23?,26-18?,28-20?,29-21?,30-23-,33-24?,33-25-,34-26-,34-30?,35-28?,35-29?. The van der Waals surface area contributed by atoms with Crippen LogP contribution in [0.4, 0.5) is 0 Å². The molecule has 0 unspecified atom stereocenters. The number of allylic oxidation sites excluding steroid dienone is 12. The molecule has 2 rings (SSSR count). The molecule has 0 heterocycles. The Labute approximate surface area is 220 Å². The lowest BCUT2D eigenvalue weighted by Crippen LogP contribution is -2.14. The zero-order chi connectivity index (χ0) is 25.4. The van der Waals surface area contributed by atoms with Crippen molar-refractivity contribution in [2.75, 3.05) is 6.54 Å². The van der Waals surface area contributed by atoms with Crippen LogP contribution in [0.1, 0.15) is 51.0 Å². The van der Waals surface area contributed by atoms with E-state index < -0.39 is 0 Å². The van der Waals surface area contributed by atoms with Gasteiger partial charge >= 0.3 is 0 Å². The fourth-order valence-electron chi connectivity index (χ4n) is 3.63. The third-order valence-corrected chi connectivity index (χ3v) is 5.66. The van der Waals surface area contributed by atoms with Gasteiger partial charge < -0.3 is 5.32 Å². The summed E-state index contributed by atoms with van der Waals surface area (Å²) in [6.45, 7) is 4.08. The summed E-state index contributed by atoms with van der Waals surface area (Å²) in [4.78, 5) is 0. The van der Waals surface area contributed by atoms with Crippen molar-refractivity contribution in [3.8, 4) is 0 Å². The summed E-state index contributed by atoms with van der Waals surface area (Å²) < 4.78 is 0. The molecule has 0 spiro atoms. The fraction of sp³-hybridized carbons (Fsp3) is 0.257. The lowest BCUT2D eigenvalue weighted by atomic mass is 10.0. The highest BCUT2D eigenvalue weighted by Crippen LogP contribution is 2.13. The van der Waals surface area contributed by atoms with Crippen LogP contribution in [0, 0.1) is 0 Å². The third kappa shape index (κ3) is 16.2. The maximum Gasteiger partial charge on any atom is 0.0205 e. The van der Waals surface area contributed by atoms with Crippen molar-refractivity contribution in [3.05, 3.63) is 156 Å². The minimum Gasteiger partial charge on any atom is -0.313 e. The Morgan fingerprint density at radius 1 is 0.528 bits per heavy atom. The first-order valence-corrected chi connectivity index (χ1v) is 13.3. The number of rotatable bonds is 10. The molecule has 1 heteroatoms. The van der Waals surface area contributed by atoms with Crippen molar-refractivity contribution in [2.45, 2.75) is 52.0 Å². The number of hydrogen-bond donors (Lipinski definition) is 1. The molecule has 0 bridgehead atoms. The van der Waals surface area contributed by atoms with Gasteiger partial charge in [-0.1, -0.05) is 164 Å². The Morgan fingerprint density at radius 3 is 1.83 bits per heavy atom. The molecule has 0 saturated heterocycles. The van der Waals surface area contributed by atoms with E-state index >= 15 is 0 Å². The normalized spacial score (nSPS) is 19.4. The molecule has 1 nitrogen and oxygen atoms in total. The van der Waals surface area contributed by atoms with Crippen LogP contribution < -0.4 is 5.32 Å². The summed E-state index contributed by atoms with van der Waals surface area (Å²) in [7, 11) is 0. The summed E-state index contributed by atoms with van der Waals surface area (Å²) >= 11 is 0. The van der Waals surface area contributed by atoms with E-state index in [1.807, 2.05) is 30.3 Å². The molecule has 1 N–H and O–H groups in total. The first-order chi connectivity index (χ1) is 17.8. The molecule has 1 aromatic rings. The quantitative estimate of drug-likeness (QED) is 0.331. The van der Waals surface area contributed by atoms with Crippen LogP contribution in [-0.4, -0.2) is 6.54 Å². The van der Waals surface area contributed by atoms with Crippen molar-refractivity contribution in [2.24, 2.45) is 0 Å². The SMILES string of the molecule is CC1=C/C=C\C(CCCCCCCNCc2ccccccccccccc2)=C/C=C\C=C/C=C\1. The van der Waals surface area contributed by atoms with Gasteiger partial charge in [-0.2, -0.15) is 0 Å². The highest BCUT2D eigenvalue weighted by atomic mass is 14.8. The van der Waals surface area contributed by atoms with Crippen LogP contribution in [-0.2, 0) is 6.54 Å². The minimum atomic E-state index is 0.890. The highest BCUT2D eigenvalue weighted by molar-refractivity contribution is 5.32. The Balaban J connectivity index is 1.68. The average Bonchev–Trinajstić information content (AvgIpc) is 2.87. The lowest BCUT2D eigenvalue weighted by Gasteiger charge is -2.05. The van der Waals surface area contributed by atoms with Gasteiger partial charge in [0.1, 0.15) is 0 Å². The summed E-state index contributed by atoms with van der Waals surface area (Å²) in [6.07, 6.45) is 28.9. The second-order valence-corrected chi connectivity index (χ2v) is 8.86. The van der Waals surface area contributed by atoms with Crippen LogP contribution in [0.2, 0.25) is 0 Å². The first-order valence-electron chi connectivity index (χ1n) is 13.3. The van der Waals surface area contributed by atoms with Crippen LogP contribution in [0.3, 0.4) is 0 Å². The van der Waals surface area contributed by atoms with E-state index in [2.05, 4.69) is 122 Å². The molecule has 188 valence electrons. The molecule has 1 aliphatic rings. The van der Waals surface area contributed by atoms with Gasteiger partial charge in [-0.05, 0) is 43.9 Å². The number of hydrogen-bond acceptors (Lipinski definition) is 1. The fourth-order valence-corrected chi connectivity index (χ4v) is 3.63. The molecule has 1 aliphatic carbocycles. The zero-order valence-corrected chi connectivity index (χ0v) is 21.9. The van der Waals surface area contributed by atoms with Gasteiger partial charge in [0.05, 0.1) is 0 Å². The molecule has 0 fully saturated rings. The van der Waals surface area contributed by atoms with Gasteiger partial charge in [-0.15, -0.1) is 0 Å². The molecule has 0 aromatic heterocycles. The Kier molecular flexibility index (Phi) is 16.7. The van der Waals surface area contributed by atoms with Crippen molar-refractivity contribution in [1.82, 2.24) is 5.32 Å². The van der Waals surface area contributed by atoms with Crippen LogP contribution in [0.5, 0.6) is 0 Å². The molecule has 0 aliphatic heterocycles. The summed E-state index contributed by atoms with van der Waals surface area (Å²) in [5.74, 6) is 0. The van der Waals surface area contributed by atoms with E-state index in [1.54, 1.807) is 0 Å². The number of nitrogens with one attached hydrogen (secondary N) is 1. The Bertz CT molecular complexity index is 998. The lowest BCUT2D eigenvalue weighted by molar-refractivity contribution is 0.575. The van der Waals surface area contributed by atoms with E-state index in [4.69, 9.17) is 0 Å². The largest absolute Gasteiger partial charge is 0.313 e. The predicted molar refractivity (Wildman–Crippen MR) is 160 cm³/mol. The molecular formula is C35H43N. The topological polar surface area (TPSA) is 12.0 Å². The van der Waals surface area contributed by atoms with Gasteiger partial charge in [0.25, 0.3) is 0 Å². The van der Waals surface area contributed by atoms with Crippen LogP contribution in [0.15, 0.2) is 151 Å². The average molecular weight is 478 g/mol.